The molecule has 2 unspecified atom stereocenters. The molecular weight excluding hydrogens is 230 g/mol. The molecule has 1 rings (SSSR count). The molecule has 0 aromatic carbocycles. The van der Waals surface area contributed by atoms with Crippen molar-refractivity contribution in [2.24, 2.45) is 11.3 Å². The second-order valence-corrected chi connectivity index (χ2v) is 6.26. The van der Waals surface area contributed by atoms with E-state index in [1.165, 1.54) is 12.8 Å². The largest absolute Gasteiger partial charge is 0.481 e. The highest BCUT2D eigenvalue weighted by Gasteiger charge is 2.33. The van der Waals surface area contributed by atoms with Crippen molar-refractivity contribution in [3.8, 4) is 0 Å². The lowest BCUT2D eigenvalue weighted by molar-refractivity contribution is -0.138. The van der Waals surface area contributed by atoms with Crippen LogP contribution in [0.2, 0.25) is 0 Å². The Bertz CT molecular complexity index is 312. The van der Waals surface area contributed by atoms with Crippen LogP contribution in [-0.2, 0) is 9.59 Å². The predicted molar refractivity (Wildman–Crippen MR) is 70.2 cm³/mol. The molecule has 0 saturated heterocycles. The normalized spacial score (nSPS) is 24.3. The van der Waals surface area contributed by atoms with Crippen molar-refractivity contribution in [2.75, 3.05) is 0 Å². The highest BCUT2D eigenvalue weighted by atomic mass is 16.4. The van der Waals surface area contributed by atoms with Crippen molar-refractivity contribution in [2.45, 2.75) is 65.3 Å². The summed E-state index contributed by atoms with van der Waals surface area (Å²) in [6, 6.07) is 0.232. The van der Waals surface area contributed by atoms with Crippen LogP contribution in [0.25, 0.3) is 0 Å². The van der Waals surface area contributed by atoms with Gasteiger partial charge in [0.2, 0.25) is 5.91 Å². The first-order valence-corrected chi connectivity index (χ1v) is 6.82. The van der Waals surface area contributed by atoms with Crippen molar-refractivity contribution in [1.29, 1.82) is 0 Å². The van der Waals surface area contributed by atoms with Crippen LogP contribution in [0.1, 0.15) is 59.3 Å². The summed E-state index contributed by atoms with van der Waals surface area (Å²) in [5, 5.41) is 11.8. The number of hydrogen-bond acceptors (Lipinski definition) is 2. The van der Waals surface area contributed by atoms with Gasteiger partial charge in [0.15, 0.2) is 0 Å². The first-order chi connectivity index (χ1) is 8.31. The first kappa shape index (κ1) is 15.0. The molecule has 104 valence electrons. The zero-order chi connectivity index (χ0) is 13.8. The summed E-state index contributed by atoms with van der Waals surface area (Å²) in [5.41, 5.74) is 0.157. The van der Waals surface area contributed by atoms with E-state index >= 15 is 0 Å². The maximum atomic E-state index is 11.9. The molecule has 0 spiro atoms. The number of aliphatic carboxylic acids is 1. The standard InChI is InChI=1S/C14H25NO3/c1-10(9-13(17)18)8-12(16)15-11-6-4-5-7-14(11,2)3/h10-11H,4-9H2,1-3H3,(H,15,16)(H,17,18). The van der Waals surface area contributed by atoms with Gasteiger partial charge in [-0.25, -0.2) is 0 Å². The quantitative estimate of drug-likeness (QED) is 0.793. The lowest BCUT2D eigenvalue weighted by atomic mass is 9.73. The highest BCUT2D eigenvalue weighted by Crippen LogP contribution is 2.35. The van der Waals surface area contributed by atoms with Gasteiger partial charge in [0, 0.05) is 18.9 Å². The summed E-state index contributed by atoms with van der Waals surface area (Å²) in [5.74, 6) is -0.953. The molecule has 4 heteroatoms. The molecule has 0 bridgehead atoms. The molecule has 1 amide bonds. The predicted octanol–water partition coefficient (Wildman–Crippen LogP) is 2.57. The molecule has 1 saturated carbocycles. The zero-order valence-corrected chi connectivity index (χ0v) is 11.7. The molecule has 2 atom stereocenters. The minimum absolute atomic E-state index is 0.0104. The van der Waals surface area contributed by atoms with E-state index in [0.29, 0.717) is 6.42 Å². The van der Waals surface area contributed by atoms with E-state index < -0.39 is 5.97 Å². The number of carbonyl (C=O) groups is 2. The molecule has 0 aromatic heterocycles. The summed E-state index contributed by atoms with van der Waals surface area (Å²) in [4.78, 5) is 22.4. The Morgan fingerprint density at radius 3 is 2.56 bits per heavy atom. The number of carboxylic acids is 1. The number of amides is 1. The lowest BCUT2D eigenvalue weighted by Gasteiger charge is -2.39. The highest BCUT2D eigenvalue weighted by molar-refractivity contribution is 5.77. The minimum Gasteiger partial charge on any atom is -0.481 e. The minimum atomic E-state index is -0.840. The van der Waals surface area contributed by atoms with Gasteiger partial charge in [-0.1, -0.05) is 33.6 Å². The maximum absolute atomic E-state index is 11.9. The number of nitrogens with one attached hydrogen (secondary N) is 1. The van der Waals surface area contributed by atoms with Crippen LogP contribution < -0.4 is 5.32 Å². The van der Waals surface area contributed by atoms with E-state index in [2.05, 4.69) is 19.2 Å². The maximum Gasteiger partial charge on any atom is 0.303 e. The Morgan fingerprint density at radius 1 is 1.33 bits per heavy atom. The zero-order valence-electron chi connectivity index (χ0n) is 11.7. The Morgan fingerprint density at radius 2 is 2.00 bits per heavy atom. The molecule has 1 aliphatic carbocycles. The second-order valence-electron chi connectivity index (χ2n) is 6.26. The summed E-state index contributed by atoms with van der Waals surface area (Å²) in [7, 11) is 0. The third-order valence-electron chi connectivity index (χ3n) is 3.90. The fourth-order valence-corrected chi connectivity index (χ4v) is 2.70. The smallest absolute Gasteiger partial charge is 0.303 e. The molecular formula is C14H25NO3. The van der Waals surface area contributed by atoms with Crippen molar-refractivity contribution in [3.63, 3.8) is 0 Å². The summed E-state index contributed by atoms with van der Waals surface area (Å²) >= 11 is 0. The van der Waals surface area contributed by atoms with E-state index in [9.17, 15) is 9.59 Å². The average molecular weight is 255 g/mol. The topological polar surface area (TPSA) is 66.4 Å². The average Bonchev–Trinajstić information content (AvgIpc) is 2.19. The fraction of sp³-hybridized carbons (Fsp3) is 0.857. The SMILES string of the molecule is CC(CC(=O)O)CC(=O)NC1CCCCC1(C)C. The molecule has 4 nitrogen and oxygen atoms in total. The molecule has 1 fully saturated rings. The van der Waals surface area contributed by atoms with Gasteiger partial charge < -0.3 is 10.4 Å². The number of carbonyl (C=O) groups excluding carboxylic acids is 1. The van der Waals surface area contributed by atoms with Gasteiger partial charge >= 0.3 is 5.97 Å². The van der Waals surface area contributed by atoms with Crippen LogP contribution in [-0.4, -0.2) is 23.0 Å². The van der Waals surface area contributed by atoms with Gasteiger partial charge in [0.1, 0.15) is 0 Å². The van der Waals surface area contributed by atoms with Gasteiger partial charge in [-0.2, -0.15) is 0 Å². The molecule has 2 N–H and O–H groups in total. The lowest BCUT2D eigenvalue weighted by Crippen LogP contribution is -2.47. The summed E-state index contributed by atoms with van der Waals surface area (Å²) in [6.45, 7) is 6.19. The van der Waals surface area contributed by atoms with Crippen LogP contribution in [0, 0.1) is 11.3 Å². The van der Waals surface area contributed by atoms with Crippen molar-refractivity contribution in [1.82, 2.24) is 5.32 Å². The van der Waals surface area contributed by atoms with E-state index in [4.69, 9.17) is 5.11 Å². The van der Waals surface area contributed by atoms with Crippen LogP contribution in [0.3, 0.4) is 0 Å². The number of carboxylic acid groups (broad SMARTS) is 1. The number of hydrogen-bond donors (Lipinski definition) is 2. The van der Waals surface area contributed by atoms with E-state index in [1.54, 1.807) is 6.92 Å². The second kappa shape index (κ2) is 6.21. The Labute approximate surface area is 109 Å². The Hall–Kier alpha value is -1.06. The van der Waals surface area contributed by atoms with Gasteiger partial charge in [-0.05, 0) is 24.2 Å². The van der Waals surface area contributed by atoms with Crippen molar-refractivity contribution in [3.05, 3.63) is 0 Å². The number of rotatable bonds is 5. The molecule has 18 heavy (non-hydrogen) atoms. The summed E-state index contributed by atoms with van der Waals surface area (Å²) < 4.78 is 0. The molecule has 0 aliphatic heterocycles. The van der Waals surface area contributed by atoms with Crippen LogP contribution in [0.15, 0.2) is 0 Å². The van der Waals surface area contributed by atoms with Crippen LogP contribution in [0.5, 0.6) is 0 Å². The third-order valence-corrected chi connectivity index (χ3v) is 3.90. The Balaban J connectivity index is 2.41. The van der Waals surface area contributed by atoms with Crippen LogP contribution >= 0.6 is 0 Å². The third kappa shape index (κ3) is 4.67. The monoisotopic (exact) mass is 255 g/mol. The van der Waals surface area contributed by atoms with E-state index in [-0.39, 0.29) is 29.7 Å². The van der Waals surface area contributed by atoms with Gasteiger partial charge in [0.05, 0.1) is 0 Å². The molecule has 1 aliphatic rings. The first-order valence-electron chi connectivity index (χ1n) is 6.82. The van der Waals surface area contributed by atoms with Gasteiger partial charge in [0.25, 0.3) is 0 Å². The van der Waals surface area contributed by atoms with Gasteiger partial charge in [-0.3, -0.25) is 9.59 Å². The molecule has 0 radical (unpaired) electrons. The fourth-order valence-electron chi connectivity index (χ4n) is 2.70. The molecule has 0 heterocycles. The van der Waals surface area contributed by atoms with Crippen molar-refractivity contribution < 1.29 is 14.7 Å². The molecule has 0 aromatic rings. The summed E-state index contributed by atoms with van der Waals surface area (Å²) in [6.07, 6.45) is 4.93. The van der Waals surface area contributed by atoms with Crippen molar-refractivity contribution >= 4 is 11.9 Å². The Kier molecular flexibility index (Phi) is 5.17. The van der Waals surface area contributed by atoms with E-state index in [1.807, 2.05) is 0 Å². The van der Waals surface area contributed by atoms with Gasteiger partial charge in [-0.15, -0.1) is 0 Å². The van der Waals surface area contributed by atoms with Crippen LogP contribution in [0.4, 0.5) is 0 Å². The van der Waals surface area contributed by atoms with E-state index in [0.717, 1.165) is 12.8 Å².